The van der Waals surface area contributed by atoms with Crippen LogP contribution in [0.1, 0.15) is 28.2 Å². The van der Waals surface area contributed by atoms with Gasteiger partial charge in [-0.1, -0.05) is 17.3 Å². The number of fused-ring (bicyclic) bond motifs is 1. The summed E-state index contributed by atoms with van der Waals surface area (Å²) >= 11 is 1.57. The summed E-state index contributed by atoms with van der Waals surface area (Å²) in [4.78, 5) is 20.3. The number of carbonyl (C=O) groups is 1. The molecular formula is C23H19FN4O2S. The lowest BCUT2D eigenvalue weighted by molar-refractivity contribution is 0.102. The summed E-state index contributed by atoms with van der Waals surface area (Å²) in [5.41, 5.74) is 3.29. The van der Waals surface area contributed by atoms with E-state index >= 15 is 0 Å². The van der Waals surface area contributed by atoms with Crippen LogP contribution in [0.15, 0.2) is 64.5 Å². The van der Waals surface area contributed by atoms with Gasteiger partial charge in [-0.3, -0.25) is 4.79 Å². The van der Waals surface area contributed by atoms with Gasteiger partial charge in [0.05, 0.1) is 11.4 Å². The number of benzene rings is 2. The summed E-state index contributed by atoms with van der Waals surface area (Å²) in [5.74, 6) is 0.523. The molecule has 1 aliphatic heterocycles. The monoisotopic (exact) mass is 434 g/mol. The minimum absolute atomic E-state index is 0.261. The lowest BCUT2D eigenvalue weighted by Gasteiger charge is -2.31. The zero-order valence-electron chi connectivity index (χ0n) is 16.5. The summed E-state index contributed by atoms with van der Waals surface area (Å²) in [5, 5.41) is 9.05. The zero-order chi connectivity index (χ0) is 21.2. The summed E-state index contributed by atoms with van der Waals surface area (Å²) < 4.78 is 18.6. The molecule has 2 aromatic carbocycles. The molecule has 0 bridgehead atoms. The van der Waals surface area contributed by atoms with Gasteiger partial charge in [-0.15, -0.1) is 11.3 Å². The number of nitrogens with one attached hydrogen (secondary N) is 1. The van der Waals surface area contributed by atoms with Crippen LogP contribution < -0.4 is 10.2 Å². The van der Waals surface area contributed by atoms with Gasteiger partial charge < -0.3 is 14.7 Å². The molecule has 6 nitrogen and oxygen atoms in total. The van der Waals surface area contributed by atoms with Gasteiger partial charge in [0.15, 0.2) is 0 Å². The Kier molecular flexibility index (Phi) is 5.21. The molecule has 0 unspecified atom stereocenters. The van der Waals surface area contributed by atoms with Crippen LogP contribution in [0.5, 0.6) is 0 Å². The van der Waals surface area contributed by atoms with Gasteiger partial charge in [-0.2, -0.15) is 4.98 Å². The largest absolute Gasteiger partial charge is 0.362 e. The van der Waals surface area contributed by atoms with Crippen molar-refractivity contribution in [2.75, 3.05) is 16.8 Å². The molecule has 0 aliphatic carbocycles. The molecule has 3 heterocycles. The molecule has 0 spiro atoms. The van der Waals surface area contributed by atoms with Crippen molar-refractivity contribution in [3.05, 3.63) is 82.8 Å². The second-order valence-corrected chi connectivity index (χ2v) is 8.23. The molecule has 1 aliphatic rings. The van der Waals surface area contributed by atoms with Crippen LogP contribution in [0.25, 0.3) is 10.7 Å². The normalized spacial score (nSPS) is 13.1. The SMILES string of the molecule is O=C(Nc1cccc2c1CCCN2Cc1nc(-c2cccs2)no1)c1ccc(F)cc1. The van der Waals surface area contributed by atoms with E-state index in [0.29, 0.717) is 23.8 Å². The Bertz CT molecular complexity index is 1200. The van der Waals surface area contributed by atoms with Crippen molar-refractivity contribution in [2.24, 2.45) is 0 Å². The van der Waals surface area contributed by atoms with E-state index in [9.17, 15) is 9.18 Å². The van der Waals surface area contributed by atoms with Gasteiger partial charge in [0, 0.05) is 23.5 Å². The lowest BCUT2D eigenvalue weighted by atomic mass is 9.99. The molecule has 8 heteroatoms. The van der Waals surface area contributed by atoms with Crippen LogP contribution in [-0.4, -0.2) is 22.6 Å². The van der Waals surface area contributed by atoms with E-state index in [1.165, 1.54) is 24.3 Å². The summed E-state index contributed by atoms with van der Waals surface area (Å²) in [6.07, 6.45) is 1.80. The molecule has 0 radical (unpaired) electrons. The Morgan fingerprint density at radius 1 is 1.16 bits per heavy atom. The molecule has 2 aromatic heterocycles. The highest BCUT2D eigenvalue weighted by Crippen LogP contribution is 2.34. The summed E-state index contributed by atoms with van der Waals surface area (Å²) in [6.45, 7) is 1.36. The molecule has 0 saturated heterocycles. The first kappa shape index (κ1) is 19.4. The van der Waals surface area contributed by atoms with Crippen LogP contribution in [0, 0.1) is 5.82 Å². The predicted octanol–water partition coefficient (Wildman–Crippen LogP) is 5.14. The van der Waals surface area contributed by atoms with E-state index in [0.717, 1.165) is 41.2 Å². The van der Waals surface area contributed by atoms with Crippen LogP contribution >= 0.6 is 11.3 Å². The Hall–Kier alpha value is -3.52. The van der Waals surface area contributed by atoms with Crippen LogP contribution in [0.3, 0.4) is 0 Å². The van der Waals surface area contributed by atoms with Gasteiger partial charge >= 0.3 is 0 Å². The number of hydrogen-bond acceptors (Lipinski definition) is 6. The summed E-state index contributed by atoms with van der Waals surface area (Å²) in [7, 11) is 0. The minimum atomic E-state index is -0.368. The van der Waals surface area contributed by atoms with Crippen LogP contribution in [0.2, 0.25) is 0 Å². The second-order valence-electron chi connectivity index (χ2n) is 7.28. The predicted molar refractivity (Wildman–Crippen MR) is 118 cm³/mol. The molecule has 4 aromatic rings. The molecule has 5 rings (SSSR count). The fraction of sp³-hybridized carbons (Fsp3) is 0.174. The Balaban J connectivity index is 1.36. The molecule has 1 amide bonds. The lowest BCUT2D eigenvalue weighted by Crippen LogP contribution is -2.29. The fourth-order valence-electron chi connectivity index (χ4n) is 3.77. The van der Waals surface area contributed by atoms with E-state index in [4.69, 9.17) is 4.52 Å². The highest BCUT2D eigenvalue weighted by Gasteiger charge is 2.22. The molecule has 0 fully saturated rings. The first-order valence-electron chi connectivity index (χ1n) is 9.97. The number of amides is 1. The van der Waals surface area contributed by atoms with Gasteiger partial charge in [-0.25, -0.2) is 4.39 Å². The van der Waals surface area contributed by atoms with Gasteiger partial charge in [0.25, 0.3) is 5.91 Å². The average molecular weight is 434 g/mol. The maximum Gasteiger partial charge on any atom is 0.255 e. The zero-order valence-corrected chi connectivity index (χ0v) is 17.4. The number of hydrogen-bond donors (Lipinski definition) is 1. The van der Waals surface area contributed by atoms with Gasteiger partial charge in [0.2, 0.25) is 11.7 Å². The number of anilines is 2. The third kappa shape index (κ3) is 4.06. The number of thiophene rings is 1. The number of carbonyl (C=O) groups excluding carboxylic acids is 1. The second kappa shape index (κ2) is 8.31. The Labute approximate surface area is 182 Å². The molecule has 0 atom stereocenters. The van der Waals surface area contributed by atoms with Crippen molar-refractivity contribution < 1.29 is 13.7 Å². The van der Waals surface area contributed by atoms with E-state index < -0.39 is 0 Å². The van der Waals surface area contributed by atoms with Gasteiger partial charge in [0.1, 0.15) is 5.82 Å². The first-order valence-corrected chi connectivity index (χ1v) is 10.9. The Morgan fingerprint density at radius 2 is 2.03 bits per heavy atom. The number of nitrogens with zero attached hydrogens (tertiary/aromatic N) is 3. The van der Waals surface area contributed by atoms with E-state index in [2.05, 4.69) is 20.4 Å². The molecule has 0 saturated carbocycles. The van der Waals surface area contributed by atoms with Crippen molar-refractivity contribution in [3.8, 4) is 10.7 Å². The van der Waals surface area contributed by atoms with Crippen molar-refractivity contribution in [1.82, 2.24) is 10.1 Å². The Morgan fingerprint density at radius 3 is 2.84 bits per heavy atom. The molecule has 31 heavy (non-hydrogen) atoms. The molecule has 156 valence electrons. The number of halogens is 1. The quantitative estimate of drug-likeness (QED) is 0.471. The fourth-order valence-corrected chi connectivity index (χ4v) is 4.42. The average Bonchev–Trinajstić information content (AvgIpc) is 3.47. The summed E-state index contributed by atoms with van der Waals surface area (Å²) in [6, 6.07) is 15.3. The highest BCUT2D eigenvalue weighted by molar-refractivity contribution is 7.13. The van der Waals surface area contributed by atoms with E-state index in [1.807, 2.05) is 35.7 Å². The maximum atomic E-state index is 13.2. The molecule has 1 N–H and O–H groups in total. The molecular weight excluding hydrogens is 415 g/mol. The topological polar surface area (TPSA) is 71.3 Å². The van der Waals surface area contributed by atoms with Crippen LogP contribution in [0.4, 0.5) is 15.8 Å². The van der Waals surface area contributed by atoms with E-state index in [1.54, 1.807) is 11.3 Å². The van der Waals surface area contributed by atoms with Gasteiger partial charge in [-0.05, 0) is 66.2 Å². The van der Waals surface area contributed by atoms with Crippen molar-refractivity contribution in [1.29, 1.82) is 0 Å². The standard InChI is InChI=1S/C23H19FN4O2S/c24-16-10-8-15(9-11-16)23(29)25-18-5-1-6-19-17(18)4-2-12-28(19)14-21-26-22(27-30-21)20-7-3-13-31-20/h1,3,5-11,13H,2,4,12,14H2,(H,25,29). The van der Waals surface area contributed by atoms with Crippen molar-refractivity contribution in [3.63, 3.8) is 0 Å². The number of rotatable bonds is 5. The smallest absolute Gasteiger partial charge is 0.255 e. The number of aromatic nitrogens is 2. The highest BCUT2D eigenvalue weighted by atomic mass is 32.1. The van der Waals surface area contributed by atoms with Crippen molar-refractivity contribution >= 4 is 28.6 Å². The third-order valence-corrected chi connectivity index (χ3v) is 6.10. The van der Waals surface area contributed by atoms with E-state index in [-0.39, 0.29) is 11.7 Å². The van der Waals surface area contributed by atoms with Crippen LogP contribution in [-0.2, 0) is 13.0 Å². The maximum absolute atomic E-state index is 13.2. The minimum Gasteiger partial charge on any atom is -0.362 e. The van der Waals surface area contributed by atoms with Crippen molar-refractivity contribution in [2.45, 2.75) is 19.4 Å². The third-order valence-electron chi connectivity index (χ3n) is 5.24. The first-order chi connectivity index (χ1) is 15.2.